The van der Waals surface area contributed by atoms with E-state index < -0.39 is 0 Å². The van der Waals surface area contributed by atoms with Gasteiger partial charge in [0, 0.05) is 18.0 Å². The summed E-state index contributed by atoms with van der Waals surface area (Å²) in [4.78, 5) is 17.4. The van der Waals surface area contributed by atoms with Gasteiger partial charge in [0.1, 0.15) is 6.04 Å². The van der Waals surface area contributed by atoms with Crippen LogP contribution in [-0.2, 0) is 6.54 Å². The molecule has 114 valence electrons. The van der Waals surface area contributed by atoms with E-state index in [4.69, 9.17) is 16.6 Å². The molecule has 1 aromatic carbocycles. The van der Waals surface area contributed by atoms with E-state index in [-0.39, 0.29) is 11.6 Å². The molecule has 0 bridgehead atoms. The average Bonchev–Trinajstić information content (AvgIpc) is 2.48. The first-order valence-electron chi connectivity index (χ1n) is 7.65. The number of quaternary nitrogens is 1. The Morgan fingerprint density at radius 3 is 2.71 bits per heavy atom. The Bertz CT molecular complexity index is 681. The molecule has 5 heteroatoms. The van der Waals surface area contributed by atoms with E-state index >= 15 is 0 Å². The molecule has 0 spiro atoms. The molecular weight excluding hydrogens is 286 g/mol. The summed E-state index contributed by atoms with van der Waals surface area (Å²) < 4.78 is 1.79. The molecule has 2 N–H and O–H groups in total. The fourth-order valence-electron chi connectivity index (χ4n) is 2.62. The number of benzene rings is 1. The Balaban J connectivity index is 2.63. The number of fused-ring (bicyclic) bond motifs is 1. The summed E-state index contributed by atoms with van der Waals surface area (Å²) in [5, 5.41) is 3.51. The highest BCUT2D eigenvalue weighted by atomic mass is 35.5. The number of rotatable bonds is 6. The second-order valence-electron chi connectivity index (χ2n) is 5.22. The monoisotopic (exact) mass is 308 g/mol. The van der Waals surface area contributed by atoms with Gasteiger partial charge < -0.3 is 5.32 Å². The standard InChI is InChI=1S/C16H22ClN3O/c1-4-9-18-13(5-2)15-19-14-10-11(17)7-8-12(14)16(21)20(15)6-3/h7-8,10,13,18H,4-6,9H2,1-3H3/p+1/t13-/m0/s1. The predicted octanol–water partition coefficient (Wildman–Crippen LogP) is 2.49. The summed E-state index contributed by atoms with van der Waals surface area (Å²) in [6.07, 6.45) is 2.05. The average molecular weight is 309 g/mol. The van der Waals surface area contributed by atoms with Gasteiger partial charge in [0.2, 0.25) is 0 Å². The van der Waals surface area contributed by atoms with E-state index in [9.17, 15) is 4.79 Å². The summed E-state index contributed by atoms with van der Waals surface area (Å²) in [6, 6.07) is 5.49. The van der Waals surface area contributed by atoms with Crippen molar-refractivity contribution < 1.29 is 5.32 Å². The van der Waals surface area contributed by atoms with Gasteiger partial charge in [0.15, 0.2) is 5.82 Å². The lowest BCUT2D eigenvalue weighted by atomic mass is 10.1. The van der Waals surface area contributed by atoms with Crippen molar-refractivity contribution in [1.82, 2.24) is 9.55 Å². The van der Waals surface area contributed by atoms with Gasteiger partial charge in [0.25, 0.3) is 5.56 Å². The molecule has 0 saturated carbocycles. The number of nitrogens with zero attached hydrogens (tertiary/aromatic N) is 2. The third-order valence-corrected chi connectivity index (χ3v) is 4.01. The topological polar surface area (TPSA) is 51.5 Å². The quantitative estimate of drug-likeness (QED) is 0.891. The summed E-state index contributed by atoms with van der Waals surface area (Å²) in [5.41, 5.74) is 0.716. The SMILES string of the molecule is CCC[NH2+][C@@H](CC)c1nc2cc(Cl)ccc2c(=O)n1CC. The van der Waals surface area contributed by atoms with Gasteiger partial charge in [-0.3, -0.25) is 9.36 Å². The van der Waals surface area contributed by atoms with E-state index in [1.165, 1.54) is 0 Å². The third kappa shape index (κ3) is 3.27. The van der Waals surface area contributed by atoms with E-state index in [0.29, 0.717) is 22.5 Å². The van der Waals surface area contributed by atoms with Crippen LogP contribution < -0.4 is 10.9 Å². The maximum Gasteiger partial charge on any atom is 0.261 e. The third-order valence-electron chi connectivity index (χ3n) is 3.77. The van der Waals surface area contributed by atoms with E-state index in [1.807, 2.05) is 6.92 Å². The van der Waals surface area contributed by atoms with Gasteiger partial charge in [0.05, 0.1) is 17.4 Å². The van der Waals surface area contributed by atoms with Crippen LogP contribution in [-0.4, -0.2) is 16.1 Å². The number of aromatic nitrogens is 2. The molecule has 2 rings (SSSR count). The molecule has 21 heavy (non-hydrogen) atoms. The number of nitrogens with two attached hydrogens (primary N) is 1. The minimum absolute atomic E-state index is 0.0255. The first kappa shape index (κ1) is 16.0. The van der Waals surface area contributed by atoms with Crippen molar-refractivity contribution in [3.63, 3.8) is 0 Å². The van der Waals surface area contributed by atoms with E-state index in [1.54, 1.807) is 22.8 Å². The second kappa shape index (κ2) is 7.05. The molecule has 4 nitrogen and oxygen atoms in total. The lowest BCUT2D eigenvalue weighted by Crippen LogP contribution is -2.85. The Morgan fingerprint density at radius 1 is 1.33 bits per heavy atom. The lowest BCUT2D eigenvalue weighted by Gasteiger charge is -2.18. The van der Waals surface area contributed by atoms with Crippen LogP contribution in [0.3, 0.4) is 0 Å². The smallest absolute Gasteiger partial charge is 0.261 e. The van der Waals surface area contributed by atoms with Crippen molar-refractivity contribution in [2.75, 3.05) is 6.54 Å². The van der Waals surface area contributed by atoms with Crippen LogP contribution >= 0.6 is 11.6 Å². The first-order chi connectivity index (χ1) is 10.1. The zero-order valence-corrected chi connectivity index (χ0v) is 13.7. The lowest BCUT2D eigenvalue weighted by molar-refractivity contribution is -0.697. The van der Waals surface area contributed by atoms with Crippen molar-refractivity contribution in [3.8, 4) is 0 Å². The van der Waals surface area contributed by atoms with Gasteiger partial charge in [-0.25, -0.2) is 4.98 Å². The highest BCUT2D eigenvalue weighted by Crippen LogP contribution is 2.18. The molecule has 0 radical (unpaired) electrons. The first-order valence-corrected chi connectivity index (χ1v) is 8.03. The number of halogens is 1. The Labute approximate surface area is 130 Å². The van der Waals surface area contributed by atoms with Crippen LogP contribution in [0.5, 0.6) is 0 Å². The minimum Gasteiger partial charge on any atom is -0.338 e. The highest BCUT2D eigenvalue weighted by Gasteiger charge is 2.20. The maximum absolute atomic E-state index is 12.7. The largest absolute Gasteiger partial charge is 0.338 e. The van der Waals surface area contributed by atoms with Crippen LogP contribution in [0.2, 0.25) is 5.02 Å². The minimum atomic E-state index is 0.0255. The predicted molar refractivity (Wildman–Crippen MR) is 86.8 cm³/mol. The number of hydrogen-bond donors (Lipinski definition) is 1. The van der Waals surface area contributed by atoms with Crippen LogP contribution in [0.4, 0.5) is 0 Å². The molecule has 0 unspecified atom stereocenters. The molecule has 1 atom stereocenters. The van der Waals surface area contributed by atoms with Gasteiger partial charge in [-0.05, 0) is 31.5 Å². The molecule has 0 fully saturated rings. The molecular formula is C16H23ClN3O+. The molecule has 1 heterocycles. The van der Waals surface area contributed by atoms with Crippen molar-refractivity contribution in [3.05, 3.63) is 39.4 Å². The summed E-state index contributed by atoms with van der Waals surface area (Å²) >= 11 is 6.04. The van der Waals surface area contributed by atoms with Gasteiger partial charge in [-0.1, -0.05) is 25.4 Å². The zero-order valence-electron chi connectivity index (χ0n) is 12.9. The van der Waals surface area contributed by atoms with Crippen LogP contribution in [0, 0.1) is 0 Å². The van der Waals surface area contributed by atoms with Crippen LogP contribution in [0.15, 0.2) is 23.0 Å². The highest BCUT2D eigenvalue weighted by molar-refractivity contribution is 6.31. The summed E-state index contributed by atoms with van der Waals surface area (Å²) in [7, 11) is 0. The van der Waals surface area contributed by atoms with Gasteiger partial charge >= 0.3 is 0 Å². The van der Waals surface area contributed by atoms with Crippen molar-refractivity contribution in [2.24, 2.45) is 0 Å². The maximum atomic E-state index is 12.7. The molecule has 0 aliphatic heterocycles. The summed E-state index contributed by atoms with van der Waals surface area (Å²) in [5.74, 6) is 0.855. The van der Waals surface area contributed by atoms with Crippen LogP contribution in [0.1, 0.15) is 45.5 Å². The van der Waals surface area contributed by atoms with Crippen molar-refractivity contribution in [2.45, 2.75) is 46.2 Å². The fourth-order valence-corrected chi connectivity index (χ4v) is 2.79. The normalized spacial score (nSPS) is 12.8. The Morgan fingerprint density at radius 2 is 2.10 bits per heavy atom. The van der Waals surface area contributed by atoms with Crippen molar-refractivity contribution >= 4 is 22.5 Å². The molecule has 0 saturated heterocycles. The molecule has 2 aromatic rings. The zero-order chi connectivity index (χ0) is 15.4. The van der Waals surface area contributed by atoms with Crippen LogP contribution in [0.25, 0.3) is 10.9 Å². The molecule has 1 aromatic heterocycles. The molecule has 0 aliphatic rings. The summed E-state index contributed by atoms with van der Waals surface area (Å²) in [6.45, 7) is 7.94. The van der Waals surface area contributed by atoms with Gasteiger partial charge in [-0.2, -0.15) is 0 Å². The fraction of sp³-hybridized carbons (Fsp3) is 0.500. The Hall–Kier alpha value is -1.39. The van der Waals surface area contributed by atoms with E-state index in [2.05, 4.69) is 19.2 Å². The molecule has 0 aliphatic carbocycles. The van der Waals surface area contributed by atoms with Crippen molar-refractivity contribution in [1.29, 1.82) is 0 Å². The molecule has 0 amide bonds. The van der Waals surface area contributed by atoms with E-state index in [0.717, 1.165) is 25.2 Å². The second-order valence-corrected chi connectivity index (χ2v) is 5.66. The Kier molecular flexibility index (Phi) is 5.37. The van der Waals surface area contributed by atoms with Gasteiger partial charge in [-0.15, -0.1) is 0 Å². The number of hydrogen-bond acceptors (Lipinski definition) is 2.